The molecule has 1 saturated heterocycles. The average molecular weight is 638 g/mol. The van der Waals surface area contributed by atoms with E-state index in [2.05, 4.69) is 11.6 Å². The summed E-state index contributed by atoms with van der Waals surface area (Å²) < 4.78 is 112. The molecule has 1 aliphatic carbocycles. The molecule has 1 atom stereocenters. The second kappa shape index (κ2) is 12.7. The molecule has 0 N–H and O–H groups in total. The van der Waals surface area contributed by atoms with Crippen LogP contribution in [-0.4, -0.2) is 36.2 Å². The molecule has 1 amide bonds. The number of hydrogen-bond donors (Lipinski definition) is 0. The molecule has 0 bridgehead atoms. The SMILES string of the molecule is C=Cc1c(F)c(F)c(F)c(S(=O)(=O)N2CC[C@@H]2C(=O)N(Cc2ccc(C3CCCCC3)cn2)c2cccc(C(F)F)c2)c1F. The van der Waals surface area contributed by atoms with Gasteiger partial charge in [-0.05, 0) is 48.9 Å². The molecule has 0 unspecified atom stereocenters. The highest BCUT2D eigenvalue weighted by atomic mass is 32.2. The number of anilines is 1. The van der Waals surface area contributed by atoms with E-state index in [1.54, 1.807) is 12.3 Å². The number of alkyl halides is 2. The Bertz CT molecular complexity index is 1680. The first-order valence-corrected chi connectivity index (χ1v) is 15.5. The normalized spacial score (nSPS) is 17.8. The van der Waals surface area contributed by atoms with Gasteiger partial charge in [0.25, 0.3) is 6.43 Å². The summed E-state index contributed by atoms with van der Waals surface area (Å²) in [6.45, 7) is 2.53. The quantitative estimate of drug-likeness (QED) is 0.141. The number of nitrogens with zero attached hydrogens (tertiary/aromatic N) is 3. The summed E-state index contributed by atoms with van der Waals surface area (Å²) in [6, 6.07) is 7.04. The maximum atomic E-state index is 15.0. The summed E-state index contributed by atoms with van der Waals surface area (Å²) in [7, 11) is -5.21. The Morgan fingerprint density at radius 2 is 1.73 bits per heavy atom. The van der Waals surface area contributed by atoms with Gasteiger partial charge in [0, 0.05) is 24.0 Å². The van der Waals surface area contributed by atoms with Crippen molar-refractivity contribution in [2.75, 3.05) is 11.4 Å². The average Bonchev–Trinajstić information content (AvgIpc) is 2.99. The Labute approximate surface area is 251 Å². The molecule has 1 aliphatic heterocycles. The molecule has 3 aromatic rings. The molecule has 2 aromatic carbocycles. The second-order valence-corrected chi connectivity index (χ2v) is 12.7. The number of hydrogen-bond acceptors (Lipinski definition) is 4. The number of carbonyl (C=O) groups is 1. The fourth-order valence-electron chi connectivity index (χ4n) is 5.72. The minimum absolute atomic E-state index is 0.0225. The Kier molecular flexibility index (Phi) is 9.17. The Hall–Kier alpha value is -3.71. The predicted octanol–water partition coefficient (Wildman–Crippen LogP) is 7.26. The van der Waals surface area contributed by atoms with Crippen molar-refractivity contribution in [2.45, 2.75) is 68.4 Å². The van der Waals surface area contributed by atoms with Crippen LogP contribution in [0.1, 0.15) is 73.3 Å². The van der Waals surface area contributed by atoms with Crippen LogP contribution in [0.25, 0.3) is 6.08 Å². The van der Waals surface area contributed by atoms with E-state index in [0.29, 0.717) is 22.0 Å². The first kappa shape index (κ1) is 31.7. The molecule has 0 radical (unpaired) electrons. The molecular weight excluding hydrogens is 608 g/mol. The fraction of sp³-hybridized carbons (Fsp3) is 0.355. The smallest absolute Gasteiger partial charge is 0.263 e. The van der Waals surface area contributed by atoms with E-state index in [4.69, 9.17) is 0 Å². The number of halogens is 6. The zero-order valence-electron chi connectivity index (χ0n) is 23.5. The Balaban J connectivity index is 1.48. The molecule has 6 nitrogen and oxygen atoms in total. The number of rotatable bonds is 9. The lowest BCUT2D eigenvalue weighted by molar-refractivity contribution is -0.125. The van der Waals surface area contributed by atoms with Crippen LogP contribution in [0, 0.1) is 23.3 Å². The molecule has 2 heterocycles. The Morgan fingerprint density at radius 1 is 1.00 bits per heavy atom. The lowest BCUT2D eigenvalue weighted by atomic mass is 9.85. The number of amides is 1. The maximum absolute atomic E-state index is 15.0. The van der Waals surface area contributed by atoms with E-state index in [9.17, 15) is 35.2 Å². The Morgan fingerprint density at radius 3 is 2.32 bits per heavy atom. The van der Waals surface area contributed by atoms with E-state index in [-0.39, 0.29) is 30.8 Å². The van der Waals surface area contributed by atoms with Crippen molar-refractivity contribution < 1.29 is 39.6 Å². The fourth-order valence-corrected chi connectivity index (χ4v) is 7.49. The summed E-state index contributed by atoms with van der Waals surface area (Å²) in [5.41, 5.74) is -0.116. The first-order chi connectivity index (χ1) is 20.9. The van der Waals surface area contributed by atoms with Gasteiger partial charge in [0.05, 0.1) is 17.8 Å². The summed E-state index contributed by atoms with van der Waals surface area (Å²) >= 11 is 0. The predicted molar refractivity (Wildman–Crippen MR) is 151 cm³/mol. The summed E-state index contributed by atoms with van der Waals surface area (Å²) in [6.07, 6.45) is 4.74. The van der Waals surface area contributed by atoms with Crippen LogP contribution in [0.15, 0.2) is 54.1 Å². The highest BCUT2D eigenvalue weighted by Gasteiger charge is 2.47. The van der Waals surface area contributed by atoms with E-state index in [0.717, 1.165) is 42.2 Å². The lowest BCUT2D eigenvalue weighted by Gasteiger charge is -2.41. The molecule has 234 valence electrons. The monoisotopic (exact) mass is 637 g/mol. The third-order valence-electron chi connectivity index (χ3n) is 8.23. The van der Waals surface area contributed by atoms with Gasteiger partial charge in [-0.25, -0.2) is 34.8 Å². The molecule has 44 heavy (non-hydrogen) atoms. The summed E-state index contributed by atoms with van der Waals surface area (Å²) in [4.78, 5) is 17.7. The molecule has 0 spiro atoms. The van der Waals surface area contributed by atoms with Gasteiger partial charge < -0.3 is 4.90 Å². The molecule has 1 aromatic heterocycles. The van der Waals surface area contributed by atoms with Crippen LogP contribution in [0.3, 0.4) is 0 Å². The van der Waals surface area contributed by atoms with Crippen molar-refractivity contribution in [3.05, 3.63) is 94.8 Å². The second-order valence-electron chi connectivity index (χ2n) is 10.9. The number of sulfonamides is 1. The van der Waals surface area contributed by atoms with Gasteiger partial charge in [0.1, 0.15) is 6.04 Å². The zero-order valence-corrected chi connectivity index (χ0v) is 24.3. The van der Waals surface area contributed by atoms with Gasteiger partial charge in [-0.2, -0.15) is 4.31 Å². The van der Waals surface area contributed by atoms with Gasteiger partial charge in [0.2, 0.25) is 15.9 Å². The third-order valence-corrected chi connectivity index (χ3v) is 10.2. The number of benzene rings is 2. The molecule has 1 saturated carbocycles. The summed E-state index contributed by atoms with van der Waals surface area (Å²) in [5.74, 6) is -8.84. The van der Waals surface area contributed by atoms with Crippen LogP contribution < -0.4 is 4.90 Å². The van der Waals surface area contributed by atoms with Crippen LogP contribution in [-0.2, 0) is 21.4 Å². The van der Waals surface area contributed by atoms with Gasteiger partial charge in [-0.1, -0.05) is 50.1 Å². The minimum atomic E-state index is -5.21. The summed E-state index contributed by atoms with van der Waals surface area (Å²) in [5, 5.41) is 0. The van der Waals surface area contributed by atoms with Crippen LogP contribution in [0.5, 0.6) is 0 Å². The highest BCUT2D eigenvalue weighted by molar-refractivity contribution is 7.89. The van der Waals surface area contributed by atoms with Crippen LogP contribution in [0.2, 0.25) is 0 Å². The molecule has 5 rings (SSSR count). The standard InChI is InChI=1S/C31H29F6N3O3S/c1-2-23-25(32)27(34)28(35)29(26(23)33)44(42,43)40-14-13-24(40)31(41)39(22-10-6-9-19(15-22)30(36)37)17-21-12-11-20(16-38-21)18-7-4-3-5-8-18/h2,6,9-12,15-16,18,24,30H,1,3-5,7-8,13-14,17H2/t24-/m1/s1. The molecular formula is C31H29F6N3O3S. The van der Waals surface area contributed by atoms with Crippen molar-refractivity contribution in [1.29, 1.82) is 0 Å². The van der Waals surface area contributed by atoms with Crippen molar-refractivity contribution in [3.63, 3.8) is 0 Å². The lowest BCUT2D eigenvalue weighted by Crippen LogP contribution is -2.59. The molecule has 13 heteroatoms. The van der Waals surface area contributed by atoms with Crippen molar-refractivity contribution in [3.8, 4) is 0 Å². The topological polar surface area (TPSA) is 70.6 Å². The largest absolute Gasteiger partial charge is 0.305 e. The van der Waals surface area contributed by atoms with E-state index < -0.39 is 62.1 Å². The van der Waals surface area contributed by atoms with E-state index in [1.807, 2.05) is 6.07 Å². The van der Waals surface area contributed by atoms with Crippen LogP contribution in [0.4, 0.5) is 32.0 Å². The molecule has 2 fully saturated rings. The van der Waals surface area contributed by atoms with Crippen LogP contribution >= 0.6 is 0 Å². The minimum Gasteiger partial charge on any atom is -0.305 e. The highest BCUT2D eigenvalue weighted by Crippen LogP contribution is 2.36. The number of aromatic nitrogens is 1. The van der Waals surface area contributed by atoms with Crippen molar-refractivity contribution in [2.24, 2.45) is 0 Å². The van der Waals surface area contributed by atoms with E-state index in [1.165, 1.54) is 24.6 Å². The number of pyridine rings is 1. The third kappa shape index (κ3) is 5.86. The zero-order chi connectivity index (χ0) is 31.8. The first-order valence-electron chi connectivity index (χ1n) is 14.1. The van der Waals surface area contributed by atoms with Gasteiger partial charge in [-0.15, -0.1) is 0 Å². The number of carbonyl (C=O) groups excluding carboxylic acids is 1. The van der Waals surface area contributed by atoms with Crippen molar-refractivity contribution >= 4 is 27.7 Å². The maximum Gasteiger partial charge on any atom is 0.263 e. The van der Waals surface area contributed by atoms with Crippen molar-refractivity contribution in [1.82, 2.24) is 9.29 Å². The van der Waals surface area contributed by atoms with Gasteiger partial charge in [-0.3, -0.25) is 9.78 Å². The van der Waals surface area contributed by atoms with Gasteiger partial charge >= 0.3 is 0 Å². The molecule has 2 aliphatic rings. The van der Waals surface area contributed by atoms with E-state index >= 15 is 4.39 Å². The van der Waals surface area contributed by atoms with Gasteiger partial charge in [0.15, 0.2) is 28.2 Å².